The summed E-state index contributed by atoms with van der Waals surface area (Å²) in [5, 5.41) is 0.136. The molecule has 1 nitrogen and oxygen atoms in total. The van der Waals surface area contributed by atoms with Gasteiger partial charge in [-0.1, -0.05) is 29.8 Å². The molecule has 0 aliphatic heterocycles. The van der Waals surface area contributed by atoms with Gasteiger partial charge < -0.3 is 0 Å². The lowest BCUT2D eigenvalue weighted by atomic mass is 9.79. The molecule has 0 unspecified atom stereocenters. The third kappa shape index (κ3) is 4.92. The van der Waals surface area contributed by atoms with Gasteiger partial charge in [-0.3, -0.25) is 4.98 Å². The van der Waals surface area contributed by atoms with Gasteiger partial charge in [-0.15, -0.1) is 0 Å². The molecule has 132 valence electrons. The van der Waals surface area contributed by atoms with Gasteiger partial charge in [-0.25, -0.2) is 4.39 Å². The fourth-order valence-corrected chi connectivity index (χ4v) is 3.89. The number of aryl methyl sites for hydroxylation is 1. The first-order valence-electron chi connectivity index (χ1n) is 9.19. The van der Waals surface area contributed by atoms with Crippen molar-refractivity contribution in [3.05, 3.63) is 65.1 Å². The summed E-state index contributed by atoms with van der Waals surface area (Å²) in [6.45, 7) is 2.11. The Morgan fingerprint density at radius 2 is 1.96 bits per heavy atom. The number of hydrogen-bond acceptors (Lipinski definition) is 1. The van der Waals surface area contributed by atoms with Crippen LogP contribution in [-0.4, -0.2) is 4.98 Å². The van der Waals surface area contributed by atoms with E-state index in [9.17, 15) is 4.39 Å². The summed E-state index contributed by atoms with van der Waals surface area (Å²) in [6, 6.07) is 8.86. The van der Waals surface area contributed by atoms with Crippen LogP contribution in [0.4, 0.5) is 4.39 Å². The highest BCUT2D eigenvalue weighted by molar-refractivity contribution is 6.31. The molecular weight excluding hydrogens is 333 g/mol. The minimum atomic E-state index is -0.397. The molecule has 1 aromatic carbocycles. The fraction of sp³-hybridized carbons (Fsp3) is 0.409. The summed E-state index contributed by atoms with van der Waals surface area (Å²) < 4.78 is 13.3. The second kappa shape index (κ2) is 8.62. The summed E-state index contributed by atoms with van der Waals surface area (Å²) in [6.07, 6.45) is 14.2. The van der Waals surface area contributed by atoms with Crippen LogP contribution in [0.3, 0.4) is 0 Å². The summed E-state index contributed by atoms with van der Waals surface area (Å²) in [5.41, 5.74) is 2.95. The molecule has 25 heavy (non-hydrogen) atoms. The van der Waals surface area contributed by atoms with Gasteiger partial charge in [0, 0.05) is 11.8 Å². The molecule has 0 bridgehead atoms. The van der Waals surface area contributed by atoms with Crippen molar-refractivity contribution in [2.24, 2.45) is 11.8 Å². The zero-order valence-electron chi connectivity index (χ0n) is 14.7. The molecular formula is C22H25ClFN. The van der Waals surface area contributed by atoms with Gasteiger partial charge in [0.15, 0.2) is 0 Å². The Hall–Kier alpha value is -1.67. The lowest BCUT2D eigenvalue weighted by Gasteiger charge is -2.26. The number of hydrogen-bond donors (Lipinski definition) is 0. The third-order valence-corrected chi connectivity index (χ3v) is 5.53. The van der Waals surface area contributed by atoms with Gasteiger partial charge in [-0.05, 0) is 87.1 Å². The monoisotopic (exact) mass is 357 g/mol. The maximum atomic E-state index is 13.3. The van der Waals surface area contributed by atoms with Crippen LogP contribution >= 0.6 is 11.6 Å². The van der Waals surface area contributed by atoms with E-state index in [0.717, 1.165) is 29.5 Å². The van der Waals surface area contributed by atoms with Gasteiger partial charge in [0.1, 0.15) is 5.82 Å². The minimum Gasteiger partial charge on any atom is -0.256 e. The molecule has 0 spiro atoms. The van der Waals surface area contributed by atoms with Gasteiger partial charge in [0.25, 0.3) is 0 Å². The summed E-state index contributed by atoms with van der Waals surface area (Å²) in [5.74, 6) is 1.24. The summed E-state index contributed by atoms with van der Waals surface area (Å²) in [4.78, 5) is 4.53. The molecule has 1 heterocycles. The van der Waals surface area contributed by atoms with E-state index in [2.05, 4.69) is 30.1 Å². The van der Waals surface area contributed by atoms with E-state index in [-0.39, 0.29) is 5.02 Å². The molecule has 3 heteroatoms. The van der Waals surface area contributed by atoms with E-state index in [0.29, 0.717) is 0 Å². The molecule has 1 saturated carbocycles. The first-order chi connectivity index (χ1) is 12.2. The number of halogens is 2. The van der Waals surface area contributed by atoms with E-state index in [1.165, 1.54) is 43.7 Å². The highest BCUT2D eigenvalue weighted by atomic mass is 35.5. The van der Waals surface area contributed by atoms with Crippen LogP contribution in [-0.2, 0) is 6.42 Å². The average Bonchev–Trinajstić information content (AvgIpc) is 2.64. The lowest BCUT2D eigenvalue weighted by Crippen LogP contribution is -2.13. The maximum absolute atomic E-state index is 13.3. The maximum Gasteiger partial charge on any atom is 0.141 e. The number of aromatic nitrogens is 1. The Morgan fingerprint density at radius 1 is 1.16 bits per heavy atom. The van der Waals surface area contributed by atoms with Crippen molar-refractivity contribution >= 4 is 11.6 Å². The molecule has 1 aliphatic rings. The standard InChI is InChI=1S/C22H25ClFN/c1-2-3-16-4-6-17(7-5-16)8-9-18-10-13-22(25-15-18)19-11-12-21(24)20(23)14-19/h2-3,10-17H,4-9H2,1H3. The molecule has 0 N–H and O–H groups in total. The van der Waals surface area contributed by atoms with Crippen LogP contribution in [0.25, 0.3) is 11.3 Å². The second-order valence-electron chi connectivity index (χ2n) is 7.03. The second-order valence-corrected chi connectivity index (χ2v) is 7.43. The van der Waals surface area contributed by atoms with Crippen LogP contribution in [0.2, 0.25) is 5.02 Å². The van der Waals surface area contributed by atoms with E-state index in [4.69, 9.17) is 11.6 Å². The predicted molar refractivity (Wildman–Crippen MR) is 103 cm³/mol. The lowest BCUT2D eigenvalue weighted by molar-refractivity contribution is 0.296. The van der Waals surface area contributed by atoms with Crippen LogP contribution < -0.4 is 0 Å². The normalized spacial score (nSPS) is 20.9. The number of benzene rings is 1. The first-order valence-corrected chi connectivity index (χ1v) is 9.56. The molecule has 2 aromatic rings. The zero-order chi connectivity index (χ0) is 17.6. The van der Waals surface area contributed by atoms with Crippen LogP contribution in [0.15, 0.2) is 48.7 Å². The van der Waals surface area contributed by atoms with Crippen molar-refractivity contribution in [3.8, 4) is 11.3 Å². The van der Waals surface area contributed by atoms with Crippen LogP contribution in [0.1, 0.15) is 44.6 Å². The van der Waals surface area contributed by atoms with Gasteiger partial charge in [0.05, 0.1) is 10.7 Å². The number of rotatable bonds is 5. The van der Waals surface area contributed by atoms with E-state index in [1.54, 1.807) is 12.1 Å². The highest BCUT2D eigenvalue weighted by Gasteiger charge is 2.19. The molecule has 0 radical (unpaired) electrons. The van der Waals surface area contributed by atoms with Crippen LogP contribution in [0.5, 0.6) is 0 Å². The van der Waals surface area contributed by atoms with Crippen molar-refractivity contribution in [2.75, 3.05) is 0 Å². The van der Waals surface area contributed by atoms with Crippen molar-refractivity contribution in [3.63, 3.8) is 0 Å². The highest BCUT2D eigenvalue weighted by Crippen LogP contribution is 2.32. The molecule has 0 amide bonds. The van der Waals surface area contributed by atoms with Crippen LogP contribution in [0, 0.1) is 17.7 Å². The molecule has 1 aliphatic carbocycles. The van der Waals surface area contributed by atoms with Crippen molar-refractivity contribution in [1.29, 1.82) is 0 Å². The van der Waals surface area contributed by atoms with Gasteiger partial charge in [0.2, 0.25) is 0 Å². The quantitative estimate of drug-likeness (QED) is 0.533. The van der Waals surface area contributed by atoms with Gasteiger partial charge >= 0.3 is 0 Å². The molecule has 1 fully saturated rings. The molecule has 3 rings (SSSR count). The summed E-state index contributed by atoms with van der Waals surface area (Å²) >= 11 is 5.85. The van der Waals surface area contributed by atoms with E-state index in [1.807, 2.05) is 12.3 Å². The predicted octanol–water partition coefficient (Wildman–Crippen LogP) is 6.86. The van der Waals surface area contributed by atoms with E-state index >= 15 is 0 Å². The SMILES string of the molecule is CC=CC1CCC(CCc2ccc(-c3ccc(F)c(Cl)c3)nc2)CC1. The Morgan fingerprint density at radius 3 is 2.60 bits per heavy atom. The van der Waals surface area contributed by atoms with E-state index < -0.39 is 5.82 Å². The van der Waals surface area contributed by atoms with Crippen molar-refractivity contribution in [2.45, 2.75) is 45.4 Å². The first kappa shape index (κ1) is 18.1. The Kier molecular flexibility index (Phi) is 6.25. The number of allylic oxidation sites excluding steroid dienone is 2. The molecule has 0 saturated heterocycles. The smallest absolute Gasteiger partial charge is 0.141 e. The topological polar surface area (TPSA) is 12.9 Å². The van der Waals surface area contributed by atoms with Crippen molar-refractivity contribution < 1.29 is 4.39 Å². The minimum absolute atomic E-state index is 0.136. The fourth-order valence-electron chi connectivity index (χ4n) is 3.71. The summed E-state index contributed by atoms with van der Waals surface area (Å²) in [7, 11) is 0. The average molecular weight is 358 g/mol. The Balaban J connectivity index is 1.54. The third-order valence-electron chi connectivity index (χ3n) is 5.24. The molecule has 1 aromatic heterocycles. The number of pyridine rings is 1. The molecule has 0 atom stereocenters. The zero-order valence-corrected chi connectivity index (χ0v) is 15.5. The number of nitrogens with zero attached hydrogens (tertiary/aromatic N) is 1. The van der Waals surface area contributed by atoms with Gasteiger partial charge in [-0.2, -0.15) is 0 Å². The Labute approximate surface area is 154 Å². The largest absolute Gasteiger partial charge is 0.256 e. The van der Waals surface area contributed by atoms with Crippen molar-refractivity contribution in [1.82, 2.24) is 4.98 Å². The Bertz CT molecular complexity index is 715.